The average molecular weight is 360 g/mol. The average Bonchev–Trinajstić information content (AvgIpc) is 2.88. The standard InChI is InChI=1S/C13H20N4.HI/c1-14-13(17-11-6-2-3-7-11)16-10-12-8-4-5-9-15-12;/h4-5,8-9,11H,2-3,6-7,10H2,1H3,(H2,14,16,17);1H. The molecule has 4 nitrogen and oxygen atoms in total. The second-order valence-electron chi connectivity index (χ2n) is 4.37. The molecule has 1 fully saturated rings. The lowest BCUT2D eigenvalue weighted by molar-refractivity contribution is 0.612. The third-order valence-corrected chi connectivity index (χ3v) is 3.08. The van der Waals surface area contributed by atoms with Crippen molar-refractivity contribution in [3.63, 3.8) is 0 Å². The maximum Gasteiger partial charge on any atom is 0.191 e. The van der Waals surface area contributed by atoms with Gasteiger partial charge in [-0.25, -0.2) is 0 Å². The van der Waals surface area contributed by atoms with Crippen molar-refractivity contribution in [2.45, 2.75) is 38.3 Å². The van der Waals surface area contributed by atoms with E-state index in [0.29, 0.717) is 12.6 Å². The Labute approximate surface area is 126 Å². The van der Waals surface area contributed by atoms with Crippen molar-refractivity contribution in [3.8, 4) is 0 Å². The zero-order valence-electron chi connectivity index (χ0n) is 10.7. The van der Waals surface area contributed by atoms with E-state index in [4.69, 9.17) is 0 Å². The molecule has 1 heterocycles. The van der Waals surface area contributed by atoms with Crippen LogP contribution in [-0.4, -0.2) is 24.0 Å². The number of nitrogens with one attached hydrogen (secondary N) is 2. The van der Waals surface area contributed by atoms with E-state index >= 15 is 0 Å². The third-order valence-electron chi connectivity index (χ3n) is 3.08. The minimum absolute atomic E-state index is 0. The molecule has 5 heteroatoms. The van der Waals surface area contributed by atoms with E-state index in [1.54, 1.807) is 0 Å². The number of aliphatic imine (C=N–C) groups is 1. The van der Waals surface area contributed by atoms with Crippen molar-refractivity contribution in [3.05, 3.63) is 30.1 Å². The van der Waals surface area contributed by atoms with Crippen molar-refractivity contribution < 1.29 is 0 Å². The van der Waals surface area contributed by atoms with Crippen LogP contribution < -0.4 is 10.6 Å². The van der Waals surface area contributed by atoms with E-state index in [1.165, 1.54) is 25.7 Å². The number of rotatable bonds is 3. The van der Waals surface area contributed by atoms with Gasteiger partial charge in [0.2, 0.25) is 0 Å². The van der Waals surface area contributed by atoms with Crippen LogP contribution in [0.1, 0.15) is 31.4 Å². The van der Waals surface area contributed by atoms with E-state index < -0.39 is 0 Å². The van der Waals surface area contributed by atoms with Gasteiger partial charge in [-0.05, 0) is 25.0 Å². The molecule has 0 aliphatic heterocycles. The van der Waals surface area contributed by atoms with Crippen LogP contribution >= 0.6 is 24.0 Å². The lowest BCUT2D eigenvalue weighted by Crippen LogP contribution is -2.42. The van der Waals surface area contributed by atoms with Crippen LogP contribution in [-0.2, 0) is 6.54 Å². The SMILES string of the molecule is CN=C(NCc1ccccn1)NC1CCCC1.I. The Balaban J connectivity index is 0.00000162. The van der Waals surface area contributed by atoms with E-state index in [1.807, 2.05) is 31.4 Å². The Bertz CT molecular complexity index is 361. The van der Waals surface area contributed by atoms with Gasteiger partial charge in [-0.3, -0.25) is 9.98 Å². The molecule has 0 radical (unpaired) electrons. The normalized spacial score (nSPS) is 16.2. The highest BCUT2D eigenvalue weighted by molar-refractivity contribution is 14.0. The quantitative estimate of drug-likeness (QED) is 0.494. The maximum atomic E-state index is 4.27. The molecule has 1 aromatic heterocycles. The molecule has 0 saturated heterocycles. The Kier molecular flexibility index (Phi) is 7.00. The van der Waals surface area contributed by atoms with Gasteiger partial charge in [-0.1, -0.05) is 18.9 Å². The van der Waals surface area contributed by atoms with Gasteiger partial charge >= 0.3 is 0 Å². The lowest BCUT2D eigenvalue weighted by atomic mass is 10.2. The number of aromatic nitrogens is 1. The number of nitrogens with zero attached hydrogens (tertiary/aromatic N) is 2. The summed E-state index contributed by atoms with van der Waals surface area (Å²) in [6.07, 6.45) is 6.97. The molecular formula is C13H21IN4. The summed E-state index contributed by atoms with van der Waals surface area (Å²) in [6, 6.07) is 6.52. The monoisotopic (exact) mass is 360 g/mol. The molecule has 0 unspecified atom stereocenters. The predicted octanol–water partition coefficient (Wildman–Crippen LogP) is 2.31. The first-order valence-electron chi connectivity index (χ1n) is 6.25. The highest BCUT2D eigenvalue weighted by Gasteiger charge is 2.15. The minimum Gasteiger partial charge on any atom is -0.354 e. The summed E-state index contributed by atoms with van der Waals surface area (Å²) in [4.78, 5) is 8.50. The van der Waals surface area contributed by atoms with Gasteiger partial charge in [-0.15, -0.1) is 24.0 Å². The van der Waals surface area contributed by atoms with Crippen LogP contribution in [0, 0.1) is 0 Å². The van der Waals surface area contributed by atoms with E-state index in [9.17, 15) is 0 Å². The zero-order valence-corrected chi connectivity index (χ0v) is 13.1. The van der Waals surface area contributed by atoms with Gasteiger partial charge < -0.3 is 10.6 Å². The van der Waals surface area contributed by atoms with Crippen LogP contribution in [0.2, 0.25) is 0 Å². The topological polar surface area (TPSA) is 49.3 Å². The second kappa shape index (κ2) is 8.29. The number of halogens is 1. The molecule has 18 heavy (non-hydrogen) atoms. The Morgan fingerprint density at radius 1 is 1.39 bits per heavy atom. The summed E-state index contributed by atoms with van der Waals surface area (Å²) < 4.78 is 0. The van der Waals surface area contributed by atoms with Gasteiger partial charge in [0.1, 0.15) is 0 Å². The molecular weight excluding hydrogens is 339 g/mol. The Morgan fingerprint density at radius 2 is 2.17 bits per heavy atom. The van der Waals surface area contributed by atoms with Gasteiger partial charge in [0.05, 0.1) is 12.2 Å². The summed E-state index contributed by atoms with van der Waals surface area (Å²) in [5, 5.41) is 6.74. The van der Waals surface area contributed by atoms with Crippen LogP contribution in [0.15, 0.2) is 29.4 Å². The molecule has 100 valence electrons. The molecule has 0 atom stereocenters. The van der Waals surface area contributed by atoms with Crippen LogP contribution in [0.4, 0.5) is 0 Å². The smallest absolute Gasteiger partial charge is 0.191 e. The number of hydrogen-bond donors (Lipinski definition) is 2. The van der Waals surface area contributed by atoms with Crippen LogP contribution in [0.5, 0.6) is 0 Å². The number of pyridine rings is 1. The lowest BCUT2D eigenvalue weighted by Gasteiger charge is -2.16. The second-order valence-corrected chi connectivity index (χ2v) is 4.37. The Hall–Kier alpha value is -0.850. The van der Waals surface area contributed by atoms with Crippen LogP contribution in [0.25, 0.3) is 0 Å². The van der Waals surface area contributed by atoms with Crippen molar-refractivity contribution in [1.29, 1.82) is 0 Å². The summed E-state index contributed by atoms with van der Waals surface area (Å²) in [7, 11) is 1.81. The fourth-order valence-corrected chi connectivity index (χ4v) is 2.14. The highest BCUT2D eigenvalue weighted by Crippen LogP contribution is 2.17. The highest BCUT2D eigenvalue weighted by atomic mass is 127. The molecule has 2 N–H and O–H groups in total. The van der Waals surface area contributed by atoms with Gasteiger partial charge in [0.25, 0.3) is 0 Å². The molecule has 1 aliphatic carbocycles. The Morgan fingerprint density at radius 3 is 2.78 bits per heavy atom. The molecule has 0 spiro atoms. The fourth-order valence-electron chi connectivity index (χ4n) is 2.14. The van der Waals surface area contributed by atoms with Crippen LogP contribution in [0.3, 0.4) is 0 Å². The molecule has 0 amide bonds. The molecule has 0 bridgehead atoms. The summed E-state index contributed by atoms with van der Waals surface area (Å²) in [5.41, 5.74) is 1.03. The first-order valence-corrected chi connectivity index (χ1v) is 6.25. The summed E-state index contributed by atoms with van der Waals surface area (Å²) >= 11 is 0. The first-order chi connectivity index (χ1) is 8.38. The number of hydrogen-bond acceptors (Lipinski definition) is 2. The summed E-state index contributed by atoms with van der Waals surface area (Å²) in [5.74, 6) is 0.877. The van der Waals surface area contributed by atoms with Crippen molar-refractivity contribution in [2.75, 3.05) is 7.05 Å². The van der Waals surface area contributed by atoms with E-state index in [0.717, 1.165) is 11.7 Å². The van der Waals surface area contributed by atoms with Gasteiger partial charge in [0, 0.05) is 19.3 Å². The molecule has 0 aromatic carbocycles. The van der Waals surface area contributed by atoms with E-state index in [2.05, 4.69) is 20.6 Å². The fraction of sp³-hybridized carbons (Fsp3) is 0.538. The van der Waals surface area contributed by atoms with Gasteiger partial charge in [0.15, 0.2) is 5.96 Å². The first kappa shape index (κ1) is 15.2. The number of guanidine groups is 1. The van der Waals surface area contributed by atoms with Gasteiger partial charge in [-0.2, -0.15) is 0 Å². The largest absolute Gasteiger partial charge is 0.354 e. The van der Waals surface area contributed by atoms with Crippen molar-refractivity contribution in [2.24, 2.45) is 4.99 Å². The maximum absolute atomic E-state index is 4.27. The third kappa shape index (κ3) is 4.80. The van der Waals surface area contributed by atoms with E-state index in [-0.39, 0.29) is 24.0 Å². The minimum atomic E-state index is 0. The zero-order chi connectivity index (χ0) is 11.9. The molecule has 2 rings (SSSR count). The summed E-state index contributed by atoms with van der Waals surface area (Å²) in [6.45, 7) is 0.716. The van der Waals surface area contributed by atoms with Crippen molar-refractivity contribution >= 4 is 29.9 Å². The molecule has 1 aromatic rings. The van der Waals surface area contributed by atoms with Crippen molar-refractivity contribution in [1.82, 2.24) is 15.6 Å². The predicted molar refractivity (Wildman–Crippen MR) is 85.2 cm³/mol. The molecule has 1 saturated carbocycles. The molecule has 1 aliphatic rings.